The Morgan fingerprint density at radius 3 is 2.19 bits per heavy atom. The van der Waals surface area contributed by atoms with E-state index in [1.807, 2.05) is 0 Å². The van der Waals surface area contributed by atoms with Crippen LogP contribution in [0.5, 0.6) is 0 Å². The molecule has 0 fully saturated rings. The average molecular weight is 299 g/mol. The topological polar surface area (TPSA) is 110 Å². The van der Waals surface area contributed by atoms with Gasteiger partial charge >= 0.3 is 0 Å². The van der Waals surface area contributed by atoms with Crippen LogP contribution in [0.2, 0.25) is 0 Å². The van der Waals surface area contributed by atoms with E-state index in [4.69, 9.17) is 24.5 Å². The molecule has 0 saturated heterocycles. The molecule has 0 amide bonds. The first-order valence-corrected chi connectivity index (χ1v) is 6.81. The van der Waals surface area contributed by atoms with Crippen molar-refractivity contribution in [2.24, 2.45) is 15.1 Å². The van der Waals surface area contributed by atoms with E-state index in [-0.39, 0.29) is 0 Å². The molecule has 1 aliphatic rings. The van der Waals surface area contributed by atoms with E-state index in [9.17, 15) is 0 Å². The van der Waals surface area contributed by atoms with Crippen molar-refractivity contribution in [2.75, 3.05) is 65.9 Å². The molecule has 1 rings (SSSR count). The number of amidine groups is 1. The molecule has 0 unspecified atom stereocenters. The zero-order valence-electron chi connectivity index (χ0n) is 12.0. The molecule has 0 atom stereocenters. The molecule has 118 valence electrons. The molecule has 9 nitrogen and oxygen atoms in total. The number of hydrogen-bond acceptors (Lipinski definition) is 7. The summed E-state index contributed by atoms with van der Waals surface area (Å²) in [7, 11) is 0. The Hall–Kier alpha value is -1.51. The molecule has 0 aromatic carbocycles. The second-order valence-electron chi connectivity index (χ2n) is 3.91. The fourth-order valence-corrected chi connectivity index (χ4v) is 1.39. The largest absolute Gasteiger partial charge is 0.379 e. The van der Waals surface area contributed by atoms with Crippen molar-refractivity contribution in [3.05, 3.63) is 10.4 Å². The van der Waals surface area contributed by atoms with Gasteiger partial charge in [0.25, 0.3) is 0 Å². The van der Waals surface area contributed by atoms with Crippen LogP contribution in [-0.2, 0) is 18.9 Å². The second-order valence-corrected chi connectivity index (χ2v) is 3.91. The van der Waals surface area contributed by atoms with Crippen LogP contribution in [0.15, 0.2) is 15.1 Å². The van der Waals surface area contributed by atoms with Crippen molar-refractivity contribution in [1.82, 2.24) is 0 Å². The molecular formula is C12H21N5O4. The third-order valence-electron chi connectivity index (χ3n) is 2.34. The second kappa shape index (κ2) is 13.5. The van der Waals surface area contributed by atoms with E-state index >= 15 is 0 Å². The number of aliphatic imine (C=N–C) groups is 2. The molecule has 1 heterocycles. The lowest BCUT2D eigenvalue weighted by atomic mass is 10.6. The van der Waals surface area contributed by atoms with Gasteiger partial charge in [-0.1, -0.05) is 5.11 Å². The Kier molecular flexibility index (Phi) is 11.3. The molecule has 0 saturated carbocycles. The highest BCUT2D eigenvalue weighted by atomic mass is 16.6. The van der Waals surface area contributed by atoms with Gasteiger partial charge in [-0.3, -0.25) is 4.99 Å². The van der Waals surface area contributed by atoms with Gasteiger partial charge in [-0.25, -0.2) is 4.99 Å². The molecule has 0 aromatic heterocycles. The van der Waals surface area contributed by atoms with Crippen molar-refractivity contribution < 1.29 is 18.9 Å². The number of azide groups is 1. The number of nitrogens with zero attached hydrogens (tertiary/aromatic N) is 5. The van der Waals surface area contributed by atoms with Crippen molar-refractivity contribution in [3.63, 3.8) is 0 Å². The average Bonchev–Trinajstić information content (AvgIpc) is 3.01. The van der Waals surface area contributed by atoms with Gasteiger partial charge in [0.1, 0.15) is 12.4 Å². The minimum atomic E-state index is 0.345. The van der Waals surface area contributed by atoms with E-state index in [1.165, 1.54) is 0 Å². The Morgan fingerprint density at radius 2 is 1.62 bits per heavy atom. The molecule has 0 N–H and O–H groups in total. The fraction of sp³-hybridized carbons (Fsp3) is 0.833. The molecule has 0 bridgehead atoms. The van der Waals surface area contributed by atoms with Crippen LogP contribution in [0.4, 0.5) is 0 Å². The monoisotopic (exact) mass is 299 g/mol. The van der Waals surface area contributed by atoms with Gasteiger partial charge in [-0.15, -0.1) is 0 Å². The summed E-state index contributed by atoms with van der Waals surface area (Å²) >= 11 is 0. The summed E-state index contributed by atoms with van der Waals surface area (Å²) in [4.78, 5) is 10.8. The normalized spacial score (nSPS) is 13.2. The molecule has 0 radical (unpaired) electrons. The van der Waals surface area contributed by atoms with E-state index in [0.29, 0.717) is 65.9 Å². The third kappa shape index (κ3) is 10.9. The predicted octanol–water partition coefficient (Wildman–Crippen LogP) is 0.846. The SMILES string of the molecule is [N-]=[N+]=NCCOCCOCCOCCOCC1=NCC=N1. The highest BCUT2D eigenvalue weighted by molar-refractivity contribution is 5.95. The lowest BCUT2D eigenvalue weighted by Gasteiger charge is -2.06. The Morgan fingerprint density at radius 1 is 1.00 bits per heavy atom. The predicted molar refractivity (Wildman–Crippen MR) is 78.1 cm³/mol. The van der Waals surface area contributed by atoms with Crippen LogP contribution in [0.1, 0.15) is 0 Å². The molecule has 9 heteroatoms. The zero-order valence-corrected chi connectivity index (χ0v) is 12.0. The van der Waals surface area contributed by atoms with Crippen LogP contribution in [0, 0.1) is 0 Å². The van der Waals surface area contributed by atoms with Crippen LogP contribution in [-0.4, -0.2) is 78.0 Å². The molecule has 0 spiro atoms. The lowest BCUT2D eigenvalue weighted by Crippen LogP contribution is -2.13. The van der Waals surface area contributed by atoms with Gasteiger partial charge in [-0.05, 0) is 5.53 Å². The molecular weight excluding hydrogens is 278 g/mol. The summed E-state index contributed by atoms with van der Waals surface area (Å²) < 4.78 is 21.1. The first-order chi connectivity index (χ1) is 10.4. The van der Waals surface area contributed by atoms with Gasteiger partial charge in [0.2, 0.25) is 0 Å². The van der Waals surface area contributed by atoms with Crippen molar-refractivity contribution in [3.8, 4) is 0 Å². The Balaban J connectivity index is 1.70. The maximum Gasteiger partial charge on any atom is 0.149 e. The molecule has 21 heavy (non-hydrogen) atoms. The quantitative estimate of drug-likeness (QED) is 0.205. The van der Waals surface area contributed by atoms with Crippen molar-refractivity contribution in [1.29, 1.82) is 0 Å². The number of rotatable bonds is 14. The minimum Gasteiger partial charge on any atom is -0.379 e. The summed E-state index contributed by atoms with van der Waals surface area (Å²) in [6.45, 7) is 4.87. The van der Waals surface area contributed by atoms with Crippen LogP contribution in [0.25, 0.3) is 10.4 Å². The summed E-state index contributed by atoms with van der Waals surface area (Å²) in [5.74, 6) is 0.735. The summed E-state index contributed by atoms with van der Waals surface area (Å²) in [6.07, 6.45) is 1.76. The van der Waals surface area contributed by atoms with Crippen LogP contribution >= 0.6 is 0 Å². The van der Waals surface area contributed by atoms with Gasteiger partial charge < -0.3 is 18.9 Å². The third-order valence-corrected chi connectivity index (χ3v) is 2.34. The van der Waals surface area contributed by atoms with E-state index in [2.05, 4.69) is 20.0 Å². The summed E-state index contributed by atoms with van der Waals surface area (Å²) in [5, 5.41) is 3.35. The van der Waals surface area contributed by atoms with Crippen molar-refractivity contribution >= 4 is 12.1 Å². The smallest absolute Gasteiger partial charge is 0.149 e. The van der Waals surface area contributed by atoms with Gasteiger partial charge in [0.15, 0.2) is 0 Å². The fourth-order valence-electron chi connectivity index (χ4n) is 1.39. The Bertz CT molecular complexity index is 369. The molecule has 0 aliphatic carbocycles. The first kappa shape index (κ1) is 17.5. The Labute approximate surface area is 123 Å². The standard InChI is InChI=1S/C12H21N5O4/c13-17-16-3-4-18-5-6-19-7-8-20-9-10-21-11-12-14-1-2-15-12/h1H,2-11H2. The zero-order chi connectivity index (χ0) is 15.0. The maximum absolute atomic E-state index is 8.04. The van der Waals surface area contributed by atoms with Crippen LogP contribution in [0.3, 0.4) is 0 Å². The summed E-state index contributed by atoms with van der Waals surface area (Å²) in [6, 6.07) is 0. The maximum atomic E-state index is 8.04. The lowest BCUT2D eigenvalue weighted by molar-refractivity contribution is 0.00262. The minimum absolute atomic E-state index is 0.345. The first-order valence-electron chi connectivity index (χ1n) is 6.81. The van der Waals surface area contributed by atoms with Crippen LogP contribution < -0.4 is 0 Å². The van der Waals surface area contributed by atoms with Gasteiger partial charge in [0, 0.05) is 17.7 Å². The number of ether oxygens (including phenoxy) is 4. The van der Waals surface area contributed by atoms with E-state index in [1.54, 1.807) is 6.21 Å². The molecule has 0 aromatic rings. The van der Waals surface area contributed by atoms with E-state index < -0.39 is 0 Å². The molecule has 1 aliphatic heterocycles. The summed E-state index contributed by atoms with van der Waals surface area (Å²) in [5.41, 5.74) is 8.04. The number of hydrogen-bond donors (Lipinski definition) is 0. The van der Waals surface area contributed by atoms with Gasteiger partial charge in [0.05, 0.1) is 52.8 Å². The highest BCUT2D eigenvalue weighted by Crippen LogP contribution is 1.90. The van der Waals surface area contributed by atoms with Gasteiger partial charge in [-0.2, -0.15) is 0 Å². The highest BCUT2D eigenvalue weighted by Gasteiger charge is 2.00. The van der Waals surface area contributed by atoms with Crippen molar-refractivity contribution in [2.45, 2.75) is 0 Å². The van der Waals surface area contributed by atoms with E-state index in [0.717, 1.165) is 5.84 Å².